The van der Waals surface area contributed by atoms with Crippen LogP contribution in [-0.4, -0.2) is 30.5 Å². The molecule has 7 heteroatoms. The molecular formula is C23H18N6O. The Labute approximate surface area is 172 Å². The molecule has 2 aromatic carbocycles. The van der Waals surface area contributed by atoms with Crippen molar-refractivity contribution in [2.45, 2.75) is 13.5 Å². The molecule has 30 heavy (non-hydrogen) atoms. The van der Waals surface area contributed by atoms with Gasteiger partial charge in [-0.3, -0.25) is 14.2 Å². The summed E-state index contributed by atoms with van der Waals surface area (Å²) in [6.45, 7) is 2.34. The SMILES string of the molecule is Cc1nc2ccc(C(=O)NCc3ccncc3)cc2n2c(-c3ccccc3)nnc12. The molecule has 0 unspecified atom stereocenters. The Morgan fingerprint density at radius 2 is 1.80 bits per heavy atom. The first kappa shape index (κ1) is 17.9. The minimum absolute atomic E-state index is 0.156. The summed E-state index contributed by atoms with van der Waals surface area (Å²) in [5.41, 5.74) is 5.52. The Bertz CT molecular complexity index is 1360. The number of rotatable bonds is 4. The lowest BCUT2D eigenvalue weighted by Crippen LogP contribution is -2.22. The van der Waals surface area contributed by atoms with Crippen molar-refractivity contribution in [2.75, 3.05) is 0 Å². The van der Waals surface area contributed by atoms with Gasteiger partial charge in [-0.2, -0.15) is 0 Å². The first-order valence-corrected chi connectivity index (χ1v) is 9.59. The molecule has 0 radical (unpaired) electrons. The Hall–Kier alpha value is -4.13. The second-order valence-electron chi connectivity index (χ2n) is 6.99. The number of hydrogen-bond acceptors (Lipinski definition) is 5. The lowest BCUT2D eigenvalue weighted by molar-refractivity contribution is 0.0951. The van der Waals surface area contributed by atoms with E-state index in [9.17, 15) is 4.79 Å². The van der Waals surface area contributed by atoms with Crippen molar-refractivity contribution in [3.63, 3.8) is 0 Å². The maximum absolute atomic E-state index is 12.8. The Kier molecular flexibility index (Phi) is 4.40. The van der Waals surface area contributed by atoms with E-state index >= 15 is 0 Å². The number of aromatic nitrogens is 5. The van der Waals surface area contributed by atoms with Crippen molar-refractivity contribution in [1.82, 2.24) is 29.9 Å². The molecule has 0 saturated carbocycles. The lowest BCUT2D eigenvalue weighted by Gasteiger charge is -2.09. The molecule has 0 saturated heterocycles. The molecule has 0 bridgehead atoms. The molecule has 1 amide bonds. The normalized spacial score (nSPS) is 11.1. The van der Waals surface area contributed by atoms with Crippen molar-refractivity contribution in [2.24, 2.45) is 0 Å². The van der Waals surface area contributed by atoms with Crippen LogP contribution in [0.4, 0.5) is 0 Å². The van der Waals surface area contributed by atoms with Crippen molar-refractivity contribution >= 4 is 22.6 Å². The van der Waals surface area contributed by atoms with E-state index in [-0.39, 0.29) is 5.91 Å². The van der Waals surface area contributed by atoms with Crippen LogP contribution >= 0.6 is 0 Å². The minimum Gasteiger partial charge on any atom is -0.348 e. The second-order valence-corrected chi connectivity index (χ2v) is 6.99. The molecular weight excluding hydrogens is 376 g/mol. The van der Waals surface area contributed by atoms with Crippen molar-refractivity contribution in [1.29, 1.82) is 0 Å². The summed E-state index contributed by atoms with van der Waals surface area (Å²) in [6.07, 6.45) is 3.42. The number of benzene rings is 2. The maximum Gasteiger partial charge on any atom is 0.251 e. The zero-order valence-electron chi connectivity index (χ0n) is 16.3. The summed E-state index contributed by atoms with van der Waals surface area (Å²) in [5, 5.41) is 11.7. The molecule has 1 N–H and O–H groups in total. The number of nitrogens with one attached hydrogen (secondary N) is 1. The molecule has 0 atom stereocenters. The quantitative estimate of drug-likeness (QED) is 0.504. The topological polar surface area (TPSA) is 85.1 Å². The van der Waals surface area contributed by atoms with Crippen LogP contribution in [0, 0.1) is 6.92 Å². The standard InChI is InChI=1S/C23H18N6O/c1-15-21-27-28-22(17-5-3-2-4-6-17)29(21)20-13-18(7-8-19(20)26-15)23(30)25-14-16-9-11-24-12-10-16/h2-13H,14H2,1H3,(H,25,30). The van der Waals surface area contributed by atoms with Gasteiger partial charge in [0.1, 0.15) is 0 Å². The fourth-order valence-electron chi connectivity index (χ4n) is 3.47. The Morgan fingerprint density at radius 3 is 2.60 bits per heavy atom. The fourth-order valence-corrected chi connectivity index (χ4v) is 3.47. The Morgan fingerprint density at radius 1 is 1.00 bits per heavy atom. The van der Waals surface area contributed by atoms with Crippen molar-refractivity contribution < 1.29 is 4.79 Å². The van der Waals surface area contributed by atoms with E-state index in [0.29, 0.717) is 17.8 Å². The number of fused-ring (bicyclic) bond motifs is 3. The van der Waals surface area contributed by atoms with Crippen LogP contribution < -0.4 is 5.32 Å². The van der Waals surface area contributed by atoms with Gasteiger partial charge in [-0.25, -0.2) is 4.98 Å². The monoisotopic (exact) mass is 394 g/mol. The molecule has 5 rings (SSSR count). The highest BCUT2D eigenvalue weighted by molar-refractivity contribution is 5.97. The predicted octanol–water partition coefficient (Wildman–Crippen LogP) is 3.58. The first-order chi connectivity index (χ1) is 14.7. The number of aryl methyl sites for hydroxylation is 1. The summed E-state index contributed by atoms with van der Waals surface area (Å²) < 4.78 is 1.96. The molecule has 3 heterocycles. The first-order valence-electron chi connectivity index (χ1n) is 9.59. The highest BCUT2D eigenvalue weighted by Crippen LogP contribution is 2.25. The molecule has 7 nitrogen and oxygen atoms in total. The summed E-state index contributed by atoms with van der Waals surface area (Å²) in [7, 11) is 0. The summed E-state index contributed by atoms with van der Waals surface area (Å²) in [6, 6.07) is 19.1. The number of pyridine rings is 1. The third-order valence-corrected chi connectivity index (χ3v) is 4.99. The van der Waals surface area contributed by atoms with Crippen molar-refractivity contribution in [3.05, 3.63) is 89.9 Å². The van der Waals surface area contributed by atoms with Crippen LogP contribution in [0.25, 0.3) is 28.1 Å². The Balaban J connectivity index is 1.59. The summed E-state index contributed by atoms with van der Waals surface area (Å²) >= 11 is 0. The molecule has 5 aromatic rings. The van der Waals surface area contributed by atoms with E-state index < -0.39 is 0 Å². The number of carbonyl (C=O) groups excluding carboxylic acids is 1. The van der Waals surface area contributed by atoms with E-state index in [4.69, 9.17) is 0 Å². The van der Waals surface area contributed by atoms with Crippen molar-refractivity contribution in [3.8, 4) is 11.4 Å². The van der Waals surface area contributed by atoms with Gasteiger partial charge in [-0.05, 0) is 42.8 Å². The van der Waals surface area contributed by atoms with E-state index in [1.165, 1.54) is 0 Å². The number of carbonyl (C=O) groups is 1. The predicted molar refractivity (Wildman–Crippen MR) is 114 cm³/mol. The molecule has 146 valence electrons. The average molecular weight is 394 g/mol. The summed E-state index contributed by atoms with van der Waals surface area (Å²) in [4.78, 5) is 21.4. The zero-order chi connectivity index (χ0) is 20.5. The van der Waals surface area contributed by atoms with Gasteiger partial charge in [0.2, 0.25) is 0 Å². The second kappa shape index (κ2) is 7.36. The lowest BCUT2D eigenvalue weighted by atomic mass is 10.1. The van der Waals surface area contributed by atoms with Crippen LogP contribution in [0.3, 0.4) is 0 Å². The van der Waals surface area contributed by atoms with E-state index in [1.54, 1.807) is 18.5 Å². The van der Waals surface area contributed by atoms with Gasteiger partial charge in [-0.1, -0.05) is 30.3 Å². The third kappa shape index (κ3) is 3.16. The van der Waals surface area contributed by atoms with Gasteiger partial charge in [0.15, 0.2) is 11.5 Å². The van der Waals surface area contributed by atoms with Gasteiger partial charge in [-0.15, -0.1) is 10.2 Å². The number of nitrogens with zero attached hydrogens (tertiary/aromatic N) is 5. The van der Waals surface area contributed by atoms with Crippen LogP contribution in [0.2, 0.25) is 0 Å². The smallest absolute Gasteiger partial charge is 0.251 e. The molecule has 0 fully saturated rings. The number of hydrogen-bond donors (Lipinski definition) is 1. The van der Waals surface area contributed by atoms with Crippen LogP contribution in [-0.2, 0) is 6.54 Å². The van der Waals surface area contributed by atoms with Gasteiger partial charge < -0.3 is 5.32 Å². The zero-order valence-corrected chi connectivity index (χ0v) is 16.3. The molecule has 0 spiro atoms. The fraction of sp³-hybridized carbons (Fsp3) is 0.0870. The maximum atomic E-state index is 12.8. The van der Waals surface area contributed by atoms with E-state index in [1.807, 2.05) is 65.9 Å². The van der Waals surface area contributed by atoms with Gasteiger partial charge in [0, 0.05) is 30.1 Å². The van der Waals surface area contributed by atoms with Gasteiger partial charge in [0.25, 0.3) is 5.91 Å². The molecule has 0 aliphatic carbocycles. The van der Waals surface area contributed by atoms with Crippen LogP contribution in [0.5, 0.6) is 0 Å². The molecule has 3 aromatic heterocycles. The van der Waals surface area contributed by atoms with Gasteiger partial charge >= 0.3 is 0 Å². The van der Waals surface area contributed by atoms with E-state index in [2.05, 4.69) is 25.5 Å². The highest BCUT2D eigenvalue weighted by atomic mass is 16.1. The average Bonchev–Trinajstić information content (AvgIpc) is 3.25. The van der Waals surface area contributed by atoms with E-state index in [0.717, 1.165) is 33.7 Å². The van der Waals surface area contributed by atoms with Crippen LogP contribution in [0.15, 0.2) is 73.1 Å². The molecule has 0 aliphatic rings. The number of amides is 1. The van der Waals surface area contributed by atoms with Gasteiger partial charge in [0.05, 0.1) is 16.7 Å². The van der Waals surface area contributed by atoms with Crippen LogP contribution in [0.1, 0.15) is 21.6 Å². The summed E-state index contributed by atoms with van der Waals surface area (Å²) in [5.74, 6) is 0.562. The third-order valence-electron chi connectivity index (χ3n) is 4.99. The molecule has 0 aliphatic heterocycles. The minimum atomic E-state index is -0.156. The largest absolute Gasteiger partial charge is 0.348 e. The highest BCUT2D eigenvalue weighted by Gasteiger charge is 2.16.